The Kier molecular flexibility index (Phi) is 5.53. The van der Waals surface area contributed by atoms with Crippen molar-refractivity contribution in [2.75, 3.05) is 14.1 Å². The van der Waals surface area contributed by atoms with E-state index in [0.29, 0.717) is 12.2 Å². The molecule has 2 aromatic carbocycles. The minimum atomic E-state index is -0.308. The SMILES string of the molecule is CN(C)Cc1ccccc1CNCc1ccc(-n2cncn2)c(F)c1. The number of hydrogen-bond donors (Lipinski definition) is 1. The molecule has 1 N–H and O–H groups in total. The lowest BCUT2D eigenvalue weighted by Gasteiger charge is -2.15. The van der Waals surface area contributed by atoms with E-state index in [1.807, 2.05) is 12.1 Å². The van der Waals surface area contributed by atoms with Crippen LogP contribution in [0.4, 0.5) is 4.39 Å². The molecule has 3 rings (SSSR count). The van der Waals surface area contributed by atoms with Crippen molar-refractivity contribution < 1.29 is 4.39 Å². The van der Waals surface area contributed by atoms with Crippen LogP contribution in [-0.4, -0.2) is 33.8 Å². The van der Waals surface area contributed by atoms with Crippen LogP contribution in [0.3, 0.4) is 0 Å². The molecule has 0 amide bonds. The molecule has 25 heavy (non-hydrogen) atoms. The molecular formula is C19H22FN5. The summed E-state index contributed by atoms with van der Waals surface area (Å²) in [7, 11) is 4.12. The van der Waals surface area contributed by atoms with E-state index in [4.69, 9.17) is 0 Å². The maximum atomic E-state index is 14.2. The number of benzene rings is 2. The molecule has 0 saturated carbocycles. The summed E-state index contributed by atoms with van der Waals surface area (Å²) >= 11 is 0. The van der Waals surface area contributed by atoms with Crippen molar-refractivity contribution >= 4 is 0 Å². The molecule has 0 aliphatic rings. The Hall–Kier alpha value is -2.57. The van der Waals surface area contributed by atoms with Gasteiger partial charge in [0.25, 0.3) is 0 Å². The molecule has 6 heteroatoms. The third kappa shape index (κ3) is 4.49. The Morgan fingerprint density at radius 2 is 1.88 bits per heavy atom. The second kappa shape index (κ2) is 8.00. The van der Waals surface area contributed by atoms with E-state index in [9.17, 15) is 4.39 Å². The zero-order valence-electron chi connectivity index (χ0n) is 14.5. The number of aromatic nitrogens is 3. The monoisotopic (exact) mass is 339 g/mol. The number of hydrogen-bond acceptors (Lipinski definition) is 4. The number of halogens is 1. The average molecular weight is 339 g/mol. The van der Waals surface area contributed by atoms with Crippen LogP contribution in [-0.2, 0) is 19.6 Å². The molecule has 0 fully saturated rings. The smallest absolute Gasteiger partial charge is 0.149 e. The summed E-state index contributed by atoms with van der Waals surface area (Å²) in [5.41, 5.74) is 3.85. The van der Waals surface area contributed by atoms with Crippen molar-refractivity contribution in [2.24, 2.45) is 0 Å². The number of rotatable bonds is 7. The molecule has 0 atom stereocenters. The third-order valence-corrected chi connectivity index (χ3v) is 3.93. The van der Waals surface area contributed by atoms with Gasteiger partial charge in [0, 0.05) is 19.6 Å². The molecular weight excluding hydrogens is 317 g/mol. The van der Waals surface area contributed by atoms with E-state index in [2.05, 4.69) is 52.6 Å². The highest BCUT2D eigenvalue weighted by Gasteiger charge is 2.07. The molecule has 0 unspecified atom stereocenters. The Bertz CT molecular complexity index is 814. The predicted octanol–water partition coefficient (Wildman–Crippen LogP) is 2.76. The van der Waals surface area contributed by atoms with E-state index in [-0.39, 0.29) is 5.82 Å². The molecule has 5 nitrogen and oxygen atoms in total. The predicted molar refractivity (Wildman–Crippen MR) is 95.7 cm³/mol. The normalized spacial score (nSPS) is 11.2. The molecule has 0 aliphatic carbocycles. The zero-order valence-corrected chi connectivity index (χ0v) is 14.5. The van der Waals surface area contributed by atoms with E-state index < -0.39 is 0 Å². The second-order valence-electron chi connectivity index (χ2n) is 6.24. The van der Waals surface area contributed by atoms with Gasteiger partial charge in [0.15, 0.2) is 0 Å². The van der Waals surface area contributed by atoms with Gasteiger partial charge in [-0.25, -0.2) is 14.1 Å². The van der Waals surface area contributed by atoms with Crippen molar-refractivity contribution in [3.8, 4) is 5.69 Å². The first-order chi connectivity index (χ1) is 12.1. The van der Waals surface area contributed by atoms with Gasteiger partial charge in [0.2, 0.25) is 0 Å². The zero-order chi connectivity index (χ0) is 17.6. The van der Waals surface area contributed by atoms with Crippen LogP contribution in [0.5, 0.6) is 0 Å². The van der Waals surface area contributed by atoms with Gasteiger partial charge >= 0.3 is 0 Å². The molecule has 0 spiro atoms. The maximum absolute atomic E-state index is 14.2. The van der Waals surface area contributed by atoms with Crippen molar-refractivity contribution in [1.82, 2.24) is 25.0 Å². The lowest BCUT2D eigenvalue weighted by molar-refractivity contribution is 0.400. The quantitative estimate of drug-likeness (QED) is 0.719. The topological polar surface area (TPSA) is 46.0 Å². The molecule has 1 aromatic heterocycles. The fourth-order valence-corrected chi connectivity index (χ4v) is 2.75. The molecule has 1 heterocycles. The Labute approximate surface area is 147 Å². The van der Waals surface area contributed by atoms with Gasteiger partial charge in [-0.05, 0) is 42.9 Å². The van der Waals surface area contributed by atoms with Crippen LogP contribution >= 0.6 is 0 Å². The van der Waals surface area contributed by atoms with Gasteiger partial charge in [-0.1, -0.05) is 30.3 Å². The summed E-state index contributed by atoms with van der Waals surface area (Å²) in [6, 6.07) is 13.5. The Morgan fingerprint density at radius 3 is 2.56 bits per heavy atom. The molecule has 130 valence electrons. The Balaban J connectivity index is 1.62. The van der Waals surface area contributed by atoms with Gasteiger partial charge in [0.05, 0.1) is 0 Å². The summed E-state index contributed by atoms with van der Waals surface area (Å²) in [4.78, 5) is 5.99. The fraction of sp³-hybridized carbons (Fsp3) is 0.263. The molecule has 0 bridgehead atoms. The van der Waals surface area contributed by atoms with E-state index in [0.717, 1.165) is 18.7 Å². The van der Waals surface area contributed by atoms with Crippen molar-refractivity contribution in [2.45, 2.75) is 19.6 Å². The lowest BCUT2D eigenvalue weighted by Crippen LogP contribution is -2.17. The number of nitrogens with one attached hydrogen (secondary N) is 1. The van der Waals surface area contributed by atoms with Crippen LogP contribution in [0, 0.1) is 5.82 Å². The summed E-state index contributed by atoms with van der Waals surface area (Å²) in [6.07, 6.45) is 2.87. The fourth-order valence-electron chi connectivity index (χ4n) is 2.75. The highest BCUT2D eigenvalue weighted by Crippen LogP contribution is 2.15. The van der Waals surface area contributed by atoms with Gasteiger partial charge in [0.1, 0.15) is 24.2 Å². The van der Waals surface area contributed by atoms with Gasteiger partial charge < -0.3 is 10.2 Å². The molecule has 0 saturated heterocycles. The first-order valence-electron chi connectivity index (χ1n) is 8.19. The van der Waals surface area contributed by atoms with E-state index >= 15 is 0 Å². The summed E-state index contributed by atoms with van der Waals surface area (Å²) < 4.78 is 15.7. The first kappa shape index (κ1) is 17.3. The van der Waals surface area contributed by atoms with Gasteiger partial charge in [-0.2, -0.15) is 5.10 Å². The average Bonchev–Trinajstić information content (AvgIpc) is 3.10. The maximum Gasteiger partial charge on any atom is 0.149 e. The Morgan fingerprint density at radius 1 is 1.08 bits per heavy atom. The minimum absolute atomic E-state index is 0.308. The summed E-state index contributed by atoms with van der Waals surface area (Å²) in [5, 5.41) is 7.35. The summed E-state index contributed by atoms with van der Waals surface area (Å²) in [5.74, 6) is -0.308. The van der Waals surface area contributed by atoms with E-state index in [1.54, 1.807) is 6.07 Å². The molecule has 0 aliphatic heterocycles. The van der Waals surface area contributed by atoms with Crippen molar-refractivity contribution in [1.29, 1.82) is 0 Å². The van der Waals surface area contributed by atoms with Crippen LogP contribution in [0.2, 0.25) is 0 Å². The van der Waals surface area contributed by atoms with Crippen molar-refractivity contribution in [3.05, 3.63) is 77.6 Å². The standard InChI is InChI=1S/C19H22FN5/c1-24(2)12-17-6-4-3-5-16(17)11-21-10-15-7-8-19(18(20)9-15)25-14-22-13-23-25/h3-9,13-14,21H,10-12H2,1-2H3. The molecule has 0 radical (unpaired) electrons. The van der Waals surface area contributed by atoms with Gasteiger partial charge in [-0.3, -0.25) is 0 Å². The van der Waals surface area contributed by atoms with Crippen LogP contribution in [0.25, 0.3) is 5.69 Å². The summed E-state index contributed by atoms with van der Waals surface area (Å²) in [6.45, 7) is 2.25. The third-order valence-electron chi connectivity index (χ3n) is 3.93. The number of nitrogens with zero attached hydrogens (tertiary/aromatic N) is 4. The minimum Gasteiger partial charge on any atom is -0.309 e. The highest BCUT2D eigenvalue weighted by molar-refractivity contribution is 5.35. The lowest BCUT2D eigenvalue weighted by atomic mass is 10.1. The van der Waals surface area contributed by atoms with Crippen LogP contribution in [0.1, 0.15) is 16.7 Å². The second-order valence-corrected chi connectivity index (χ2v) is 6.24. The van der Waals surface area contributed by atoms with Crippen LogP contribution < -0.4 is 5.32 Å². The van der Waals surface area contributed by atoms with E-state index in [1.165, 1.54) is 34.5 Å². The van der Waals surface area contributed by atoms with Crippen molar-refractivity contribution in [3.63, 3.8) is 0 Å². The first-order valence-corrected chi connectivity index (χ1v) is 8.19. The molecule has 3 aromatic rings. The largest absolute Gasteiger partial charge is 0.309 e. The highest BCUT2D eigenvalue weighted by atomic mass is 19.1. The van der Waals surface area contributed by atoms with Crippen LogP contribution in [0.15, 0.2) is 55.1 Å². The van der Waals surface area contributed by atoms with Gasteiger partial charge in [-0.15, -0.1) is 0 Å².